The SMILES string of the molecule is CCOC(=O)c1cnn(C)c1CNCc1sccc1C. The van der Waals surface area contributed by atoms with E-state index in [1.165, 1.54) is 10.4 Å². The zero-order valence-electron chi connectivity index (χ0n) is 12.0. The smallest absolute Gasteiger partial charge is 0.341 e. The lowest BCUT2D eigenvalue weighted by atomic mass is 10.2. The summed E-state index contributed by atoms with van der Waals surface area (Å²) < 4.78 is 6.74. The van der Waals surface area contributed by atoms with Crippen LogP contribution in [0.2, 0.25) is 0 Å². The highest BCUT2D eigenvalue weighted by Gasteiger charge is 2.16. The molecule has 20 heavy (non-hydrogen) atoms. The molecule has 108 valence electrons. The number of hydrogen-bond acceptors (Lipinski definition) is 5. The Kier molecular flexibility index (Phi) is 4.92. The summed E-state index contributed by atoms with van der Waals surface area (Å²) in [6.07, 6.45) is 1.56. The second-order valence-corrected chi connectivity index (χ2v) is 5.48. The van der Waals surface area contributed by atoms with Gasteiger partial charge in [-0.25, -0.2) is 4.79 Å². The number of carbonyl (C=O) groups is 1. The lowest BCUT2D eigenvalue weighted by Gasteiger charge is -2.07. The van der Waals surface area contributed by atoms with Gasteiger partial charge in [-0.1, -0.05) is 0 Å². The van der Waals surface area contributed by atoms with Crippen molar-refractivity contribution in [2.45, 2.75) is 26.9 Å². The van der Waals surface area contributed by atoms with Crippen LogP contribution in [0, 0.1) is 6.92 Å². The Morgan fingerprint density at radius 2 is 2.30 bits per heavy atom. The molecule has 5 nitrogen and oxygen atoms in total. The third kappa shape index (κ3) is 3.26. The minimum atomic E-state index is -0.315. The van der Waals surface area contributed by atoms with Crippen LogP contribution in [-0.2, 0) is 24.9 Å². The first kappa shape index (κ1) is 14.7. The zero-order chi connectivity index (χ0) is 14.5. The number of aryl methyl sites for hydroxylation is 2. The summed E-state index contributed by atoms with van der Waals surface area (Å²) in [6, 6.07) is 2.11. The lowest BCUT2D eigenvalue weighted by molar-refractivity contribution is 0.0524. The first-order valence-corrected chi connectivity index (χ1v) is 7.43. The number of ether oxygens (including phenoxy) is 1. The number of hydrogen-bond donors (Lipinski definition) is 1. The van der Waals surface area contributed by atoms with Crippen molar-refractivity contribution in [1.29, 1.82) is 0 Å². The quantitative estimate of drug-likeness (QED) is 0.830. The maximum atomic E-state index is 11.8. The summed E-state index contributed by atoms with van der Waals surface area (Å²) in [5.41, 5.74) is 2.67. The van der Waals surface area contributed by atoms with Crippen molar-refractivity contribution in [3.8, 4) is 0 Å². The summed E-state index contributed by atoms with van der Waals surface area (Å²) in [7, 11) is 1.83. The van der Waals surface area contributed by atoms with Crippen molar-refractivity contribution >= 4 is 17.3 Å². The third-order valence-corrected chi connectivity index (χ3v) is 4.13. The van der Waals surface area contributed by atoms with Crippen LogP contribution in [-0.4, -0.2) is 22.4 Å². The van der Waals surface area contributed by atoms with E-state index in [2.05, 4.69) is 28.8 Å². The number of nitrogens with zero attached hydrogens (tertiary/aromatic N) is 2. The highest BCUT2D eigenvalue weighted by Crippen LogP contribution is 2.15. The van der Waals surface area contributed by atoms with Gasteiger partial charge in [0.2, 0.25) is 0 Å². The first-order valence-electron chi connectivity index (χ1n) is 6.55. The molecule has 6 heteroatoms. The van der Waals surface area contributed by atoms with E-state index in [1.807, 2.05) is 7.05 Å². The number of carbonyl (C=O) groups excluding carboxylic acids is 1. The number of thiophene rings is 1. The van der Waals surface area contributed by atoms with Crippen LogP contribution in [0.5, 0.6) is 0 Å². The zero-order valence-corrected chi connectivity index (χ0v) is 12.8. The average Bonchev–Trinajstić information content (AvgIpc) is 2.98. The predicted molar refractivity (Wildman–Crippen MR) is 78.8 cm³/mol. The van der Waals surface area contributed by atoms with Gasteiger partial charge in [-0.15, -0.1) is 11.3 Å². The van der Waals surface area contributed by atoms with E-state index in [4.69, 9.17) is 4.74 Å². The molecule has 0 aliphatic carbocycles. The summed E-state index contributed by atoms with van der Waals surface area (Å²) >= 11 is 1.73. The molecule has 0 unspecified atom stereocenters. The fourth-order valence-corrected chi connectivity index (χ4v) is 2.81. The third-order valence-electron chi connectivity index (χ3n) is 3.10. The number of esters is 1. The van der Waals surface area contributed by atoms with Crippen molar-refractivity contribution in [1.82, 2.24) is 15.1 Å². The molecule has 2 aromatic heterocycles. The van der Waals surface area contributed by atoms with Crippen molar-refractivity contribution < 1.29 is 9.53 Å². The lowest BCUT2D eigenvalue weighted by Crippen LogP contribution is -2.18. The van der Waals surface area contributed by atoms with E-state index in [0.717, 1.165) is 12.2 Å². The summed E-state index contributed by atoms with van der Waals surface area (Å²) in [6.45, 7) is 5.64. The van der Waals surface area contributed by atoms with Gasteiger partial charge in [0, 0.05) is 25.0 Å². The maximum Gasteiger partial charge on any atom is 0.341 e. The highest BCUT2D eigenvalue weighted by molar-refractivity contribution is 7.10. The number of rotatable bonds is 6. The van der Waals surface area contributed by atoms with Gasteiger partial charge >= 0.3 is 5.97 Å². The Bertz CT molecular complexity index is 589. The van der Waals surface area contributed by atoms with Crippen LogP contribution in [0.25, 0.3) is 0 Å². The Morgan fingerprint density at radius 3 is 2.95 bits per heavy atom. The van der Waals surface area contributed by atoms with E-state index in [0.29, 0.717) is 18.7 Å². The molecule has 1 N–H and O–H groups in total. The normalized spacial score (nSPS) is 10.8. The Balaban J connectivity index is 2.00. The van der Waals surface area contributed by atoms with E-state index in [9.17, 15) is 4.79 Å². The number of aromatic nitrogens is 2. The van der Waals surface area contributed by atoms with Gasteiger partial charge in [0.25, 0.3) is 0 Å². The van der Waals surface area contributed by atoms with Gasteiger partial charge in [-0.2, -0.15) is 5.10 Å². The molecule has 0 saturated heterocycles. The van der Waals surface area contributed by atoms with Crippen LogP contribution in [0.1, 0.15) is 33.4 Å². The number of nitrogens with one attached hydrogen (secondary N) is 1. The molecule has 0 atom stereocenters. The average molecular weight is 293 g/mol. The van der Waals surface area contributed by atoms with Crippen molar-refractivity contribution in [3.05, 3.63) is 39.3 Å². The second-order valence-electron chi connectivity index (χ2n) is 4.48. The monoisotopic (exact) mass is 293 g/mol. The van der Waals surface area contributed by atoms with Gasteiger partial charge in [-0.3, -0.25) is 4.68 Å². The molecule has 2 heterocycles. The molecule has 0 fully saturated rings. The minimum Gasteiger partial charge on any atom is -0.462 e. The first-order chi connectivity index (χ1) is 9.63. The van der Waals surface area contributed by atoms with Gasteiger partial charge in [0.05, 0.1) is 18.5 Å². The van der Waals surface area contributed by atoms with Crippen LogP contribution < -0.4 is 5.32 Å². The molecule has 0 bridgehead atoms. The molecular formula is C14H19N3O2S. The Morgan fingerprint density at radius 1 is 1.50 bits per heavy atom. The van der Waals surface area contributed by atoms with Crippen molar-refractivity contribution in [2.24, 2.45) is 7.05 Å². The molecule has 0 radical (unpaired) electrons. The van der Waals surface area contributed by atoms with Crippen LogP contribution in [0.3, 0.4) is 0 Å². The fourth-order valence-electron chi connectivity index (χ4n) is 1.93. The molecule has 0 aliphatic heterocycles. The standard InChI is InChI=1S/C14H19N3O2S/c1-4-19-14(18)11-7-16-17(3)12(11)8-15-9-13-10(2)5-6-20-13/h5-7,15H,4,8-9H2,1-3H3. The van der Waals surface area contributed by atoms with E-state index in [-0.39, 0.29) is 5.97 Å². The van der Waals surface area contributed by atoms with Crippen molar-refractivity contribution in [2.75, 3.05) is 6.61 Å². The van der Waals surface area contributed by atoms with E-state index < -0.39 is 0 Å². The van der Waals surface area contributed by atoms with Gasteiger partial charge in [-0.05, 0) is 30.9 Å². The van der Waals surface area contributed by atoms with Crippen molar-refractivity contribution in [3.63, 3.8) is 0 Å². The van der Waals surface area contributed by atoms with Gasteiger partial charge in [0.15, 0.2) is 0 Å². The van der Waals surface area contributed by atoms with Gasteiger partial charge < -0.3 is 10.1 Å². The molecule has 0 saturated carbocycles. The molecule has 0 spiro atoms. The maximum absolute atomic E-state index is 11.8. The second kappa shape index (κ2) is 6.67. The molecule has 0 aromatic carbocycles. The summed E-state index contributed by atoms with van der Waals surface area (Å²) in [4.78, 5) is 13.1. The fraction of sp³-hybridized carbons (Fsp3) is 0.429. The summed E-state index contributed by atoms with van der Waals surface area (Å²) in [5.74, 6) is -0.315. The van der Waals surface area contributed by atoms with E-state index >= 15 is 0 Å². The van der Waals surface area contributed by atoms with Crippen LogP contribution in [0.4, 0.5) is 0 Å². The largest absolute Gasteiger partial charge is 0.462 e. The molecule has 0 aliphatic rings. The minimum absolute atomic E-state index is 0.315. The van der Waals surface area contributed by atoms with Crippen LogP contribution in [0.15, 0.2) is 17.6 Å². The molecule has 0 amide bonds. The van der Waals surface area contributed by atoms with Crippen LogP contribution >= 0.6 is 11.3 Å². The Hall–Kier alpha value is -1.66. The molecular weight excluding hydrogens is 274 g/mol. The molecule has 2 rings (SSSR count). The highest BCUT2D eigenvalue weighted by atomic mass is 32.1. The topological polar surface area (TPSA) is 56.1 Å². The predicted octanol–water partition coefficient (Wildman–Crippen LogP) is 2.26. The molecule has 2 aromatic rings. The van der Waals surface area contributed by atoms with E-state index in [1.54, 1.807) is 29.1 Å². The van der Waals surface area contributed by atoms with Gasteiger partial charge in [0.1, 0.15) is 5.56 Å². The summed E-state index contributed by atoms with van der Waals surface area (Å²) in [5, 5.41) is 9.57. The Labute approximate surface area is 122 Å².